The maximum Gasteiger partial charge on any atom is 0.291 e. The van der Waals surface area contributed by atoms with Gasteiger partial charge >= 0.3 is 0 Å². The number of amides is 1. The number of rotatable bonds is 3. The van der Waals surface area contributed by atoms with Gasteiger partial charge in [-0.05, 0) is 33.2 Å². The Balaban J connectivity index is 2.18. The zero-order valence-electron chi connectivity index (χ0n) is 11.3. The van der Waals surface area contributed by atoms with Crippen LogP contribution in [0.15, 0.2) is 4.42 Å². The van der Waals surface area contributed by atoms with Crippen molar-refractivity contribution in [1.82, 2.24) is 15.2 Å². The number of carbonyl (C=O) groups excluding carboxylic acids is 1. The molecule has 1 fully saturated rings. The van der Waals surface area contributed by atoms with Crippen LogP contribution >= 0.6 is 0 Å². The van der Waals surface area contributed by atoms with Crippen LogP contribution in [-0.2, 0) is 0 Å². The Labute approximate surface area is 108 Å². The van der Waals surface area contributed by atoms with Crippen molar-refractivity contribution in [3.8, 4) is 0 Å². The molecule has 1 saturated heterocycles. The quantitative estimate of drug-likeness (QED) is 0.885. The maximum absolute atomic E-state index is 12.1. The minimum absolute atomic E-state index is 0.0856. The topological polar surface area (TPSA) is 58.4 Å². The van der Waals surface area contributed by atoms with Crippen molar-refractivity contribution in [3.63, 3.8) is 0 Å². The van der Waals surface area contributed by atoms with Gasteiger partial charge in [0.15, 0.2) is 5.89 Å². The van der Waals surface area contributed by atoms with Gasteiger partial charge in [-0.2, -0.15) is 0 Å². The highest BCUT2D eigenvalue weighted by Crippen LogP contribution is 2.25. The number of aryl methyl sites for hydroxylation is 1. The first kappa shape index (κ1) is 13.1. The van der Waals surface area contributed by atoms with Crippen LogP contribution in [0.5, 0.6) is 0 Å². The number of nitrogens with zero attached hydrogens (tertiary/aromatic N) is 2. The van der Waals surface area contributed by atoms with E-state index >= 15 is 0 Å². The first-order valence-corrected chi connectivity index (χ1v) is 6.57. The van der Waals surface area contributed by atoms with Crippen molar-refractivity contribution in [2.75, 3.05) is 26.7 Å². The zero-order valence-corrected chi connectivity index (χ0v) is 11.3. The molecule has 0 bridgehead atoms. The van der Waals surface area contributed by atoms with Gasteiger partial charge in [0.25, 0.3) is 5.91 Å². The predicted molar refractivity (Wildman–Crippen MR) is 68.7 cm³/mol. The van der Waals surface area contributed by atoms with E-state index in [-0.39, 0.29) is 5.91 Å². The van der Waals surface area contributed by atoms with Crippen molar-refractivity contribution in [1.29, 1.82) is 0 Å². The summed E-state index contributed by atoms with van der Waals surface area (Å²) in [5.74, 6) is 1.30. The molecule has 1 atom stereocenters. The Morgan fingerprint density at radius 3 is 3.00 bits per heavy atom. The third-order valence-electron chi connectivity index (χ3n) is 3.47. The molecule has 1 aliphatic heterocycles. The first-order valence-electron chi connectivity index (χ1n) is 6.57. The highest BCUT2D eigenvalue weighted by Gasteiger charge is 2.25. The minimum atomic E-state index is -0.0856. The fourth-order valence-corrected chi connectivity index (χ4v) is 2.17. The van der Waals surface area contributed by atoms with E-state index in [4.69, 9.17) is 4.42 Å². The van der Waals surface area contributed by atoms with E-state index in [1.54, 1.807) is 11.9 Å². The van der Waals surface area contributed by atoms with Gasteiger partial charge in [0.1, 0.15) is 0 Å². The van der Waals surface area contributed by atoms with Gasteiger partial charge < -0.3 is 14.6 Å². The molecule has 0 saturated carbocycles. The van der Waals surface area contributed by atoms with Gasteiger partial charge in [-0.15, -0.1) is 0 Å². The monoisotopic (exact) mass is 251 g/mol. The second kappa shape index (κ2) is 5.52. The second-order valence-electron chi connectivity index (χ2n) is 4.83. The molecule has 0 spiro atoms. The molecule has 1 N–H and O–H groups in total. The van der Waals surface area contributed by atoms with Crippen molar-refractivity contribution in [2.24, 2.45) is 0 Å². The molecule has 5 nitrogen and oxygen atoms in total. The molecule has 1 amide bonds. The molecule has 100 valence electrons. The summed E-state index contributed by atoms with van der Waals surface area (Å²) in [5.41, 5.74) is 0.695. The van der Waals surface area contributed by atoms with Crippen molar-refractivity contribution >= 4 is 5.91 Å². The van der Waals surface area contributed by atoms with Crippen LogP contribution < -0.4 is 5.32 Å². The van der Waals surface area contributed by atoms with Crippen LogP contribution in [0.1, 0.15) is 47.8 Å². The summed E-state index contributed by atoms with van der Waals surface area (Å²) in [5, 5.41) is 3.33. The normalized spacial score (nSPS) is 19.8. The Hall–Kier alpha value is -1.36. The molecule has 0 aromatic carbocycles. The highest BCUT2D eigenvalue weighted by molar-refractivity contribution is 5.92. The van der Waals surface area contributed by atoms with Crippen LogP contribution in [0, 0.1) is 6.92 Å². The molecule has 18 heavy (non-hydrogen) atoms. The number of hydrogen-bond donors (Lipinski definition) is 1. The molecule has 0 aliphatic carbocycles. The van der Waals surface area contributed by atoms with Gasteiger partial charge in [0.2, 0.25) is 5.76 Å². The number of oxazole rings is 1. The lowest BCUT2D eigenvalue weighted by atomic mass is 10.00. The van der Waals surface area contributed by atoms with E-state index in [9.17, 15) is 4.79 Å². The third-order valence-corrected chi connectivity index (χ3v) is 3.47. The Bertz CT molecular complexity index is 422. The lowest BCUT2D eigenvalue weighted by Crippen LogP contribution is -2.28. The molecule has 2 heterocycles. The summed E-state index contributed by atoms with van der Waals surface area (Å²) in [6.07, 6.45) is 2.20. The van der Waals surface area contributed by atoms with Crippen LogP contribution in [0.3, 0.4) is 0 Å². The lowest BCUT2D eigenvalue weighted by Gasteiger charge is -2.19. The molecule has 1 aromatic rings. The Morgan fingerprint density at radius 2 is 2.39 bits per heavy atom. The van der Waals surface area contributed by atoms with Crippen molar-refractivity contribution < 1.29 is 9.21 Å². The third kappa shape index (κ3) is 2.56. The predicted octanol–water partition coefficient (Wildman–Crippen LogP) is 1.54. The molecule has 1 unspecified atom stereocenters. The van der Waals surface area contributed by atoms with Crippen molar-refractivity contribution in [3.05, 3.63) is 17.3 Å². The second-order valence-corrected chi connectivity index (χ2v) is 4.83. The molecular weight excluding hydrogens is 230 g/mol. The lowest BCUT2D eigenvalue weighted by molar-refractivity contribution is 0.0767. The average Bonchev–Trinajstić information content (AvgIpc) is 2.80. The van der Waals surface area contributed by atoms with E-state index in [0.29, 0.717) is 29.8 Å². The molecule has 1 aliphatic rings. The summed E-state index contributed by atoms with van der Waals surface area (Å²) >= 11 is 0. The smallest absolute Gasteiger partial charge is 0.291 e. The number of piperidine rings is 1. The fraction of sp³-hybridized carbons (Fsp3) is 0.692. The van der Waals surface area contributed by atoms with E-state index in [1.807, 2.05) is 13.8 Å². The molecular formula is C13H21N3O2. The Morgan fingerprint density at radius 1 is 1.61 bits per heavy atom. The van der Waals surface area contributed by atoms with Crippen LogP contribution in [0.25, 0.3) is 0 Å². The summed E-state index contributed by atoms with van der Waals surface area (Å²) < 4.78 is 5.70. The van der Waals surface area contributed by atoms with E-state index in [2.05, 4.69) is 10.3 Å². The summed E-state index contributed by atoms with van der Waals surface area (Å²) in [7, 11) is 1.77. The first-order chi connectivity index (χ1) is 8.63. The van der Waals surface area contributed by atoms with Gasteiger partial charge in [-0.25, -0.2) is 4.98 Å². The van der Waals surface area contributed by atoms with Gasteiger partial charge in [0.05, 0.1) is 5.69 Å². The van der Waals surface area contributed by atoms with Gasteiger partial charge in [-0.3, -0.25) is 4.79 Å². The zero-order chi connectivity index (χ0) is 13.1. The standard InChI is InChI=1S/C13H21N3O2/c1-4-16(3)13(17)11-9(2)15-12(18-11)10-6-5-7-14-8-10/h10,14H,4-8H2,1-3H3. The fourth-order valence-electron chi connectivity index (χ4n) is 2.17. The summed E-state index contributed by atoms with van der Waals surface area (Å²) in [4.78, 5) is 18.1. The molecule has 0 radical (unpaired) electrons. The number of hydrogen-bond acceptors (Lipinski definition) is 4. The Kier molecular flexibility index (Phi) is 4.01. The van der Waals surface area contributed by atoms with Crippen LogP contribution in [0.2, 0.25) is 0 Å². The maximum atomic E-state index is 12.1. The largest absolute Gasteiger partial charge is 0.435 e. The minimum Gasteiger partial charge on any atom is -0.435 e. The highest BCUT2D eigenvalue weighted by atomic mass is 16.4. The number of carbonyl (C=O) groups is 1. The van der Waals surface area contributed by atoms with E-state index in [0.717, 1.165) is 25.9 Å². The molecule has 5 heteroatoms. The number of aromatic nitrogens is 1. The van der Waals surface area contributed by atoms with Gasteiger partial charge in [-0.1, -0.05) is 0 Å². The van der Waals surface area contributed by atoms with Crippen LogP contribution in [-0.4, -0.2) is 42.5 Å². The van der Waals surface area contributed by atoms with E-state index < -0.39 is 0 Å². The van der Waals surface area contributed by atoms with Crippen molar-refractivity contribution in [2.45, 2.75) is 32.6 Å². The molecule has 2 rings (SSSR count). The average molecular weight is 251 g/mol. The van der Waals surface area contributed by atoms with E-state index in [1.165, 1.54) is 0 Å². The number of nitrogens with one attached hydrogen (secondary N) is 1. The van der Waals surface area contributed by atoms with Gasteiger partial charge in [0, 0.05) is 26.1 Å². The molecule has 1 aromatic heterocycles. The summed E-state index contributed by atoms with van der Waals surface area (Å²) in [6, 6.07) is 0. The van der Waals surface area contributed by atoms with Crippen LogP contribution in [0.4, 0.5) is 0 Å². The SMILES string of the molecule is CCN(C)C(=O)c1oc(C2CCCNC2)nc1C. The summed E-state index contributed by atoms with van der Waals surface area (Å²) in [6.45, 7) is 6.38.